The molecule has 1 aliphatic rings. The molecule has 2 rings (SSSR count). The van der Waals surface area contributed by atoms with Gasteiger partial charge in [-0.1, -0.05) is 18.7 Å². The number of hydrogen-bond donors (Lipinski definition) is 1. The molecule has 0 aliphatic carbocycles. The van der Waals surface area contributed by atoms with Gasteiger partial charge in [0.15, 0.2) is 5.17 Å². The molecule has 1 aliphatic heterocycles. The Morgan fingerprint density at radius 2 is 2.33 bits per heavy atom. The van der Waals surface area contributed by atoms with Crippen LogP contribution in [0, 0.1) is 0 Å². The highest BCUT2D eigenvalue weighted by Crippen LogP contribution is 2.27. The zero-order valence-electron chi connectivity index (χ0n) is 11.5. The first-order valence-electron chi connectivity index (χ1n) is 6.43. The minimum absolute atomic E-state index is 0.152. The normalized spacial score (nSPS) is 22.8. The van der Waals surface area contributed by atoms with E-state index in [0.717, 1.165) is 22.3 Å². The molecule has 3 nitrogen and oxygen atoms in total. The minimum Gasteiger partial charge on any atom is -0.360 e. The van der Waals surface area contributed by atoms with Gasteiger partial charge in [0, 0.05) is 22.4 Å². The van der Waals surface area contributed by atoms with E-state index in [0.29, 0.717) is 0 Å². The third-order valence-electron chi connectivity index (χ3n) is 3.00. The SMILES string of the molecule is CCc1cnc(C(C)N=C2NC(C)(C)CCS2)s1. The number of nitrogens with one attached hydrogen (secondary N) is 1. The van der Waals surface area contributed by atoms with Crippen molar-refractivity contribution in [2.75, 3.05) is 5.75 Å². The van der Waals surface area contributed by atoms with E-state index in [9.17, 15) is 0 Å². The summed E-state index contributed by atoms with van der Waals surface area (Å²) in [7, 11) is 0. The summed E-state index contributed by atoms with van der Waals surface area (Å²) >= 11 is 3.59. The van der Waals surface area contributed by atoms with Crippen LogP contribution in [0.4, 0.5) is 0 Å². The highest BCUT2D eigenvalue weighted by atomic mass is 32.2. The van der Waals surface area contributed by atoms with Gasteiger partial charge in [-0.15, -0.1) is 11.3 Å². The molecule has 18 heavy (non-hydrogen) atoms. The summed E-state index contributed by atoms with van der Waals surface area (Å²) in [4.78, 5) is 10.6. The number of aliphatic imine (C=N–C) groups is 1. The van der Waals surface area contributed by atoms with Gasteiger partial charge in [-0.3, -0.25) is 4.99 Å². The Bertz CT molecular complexity index is 437. The van der Waals surface area contributed by atoms with Crippen molar-refractivity contribution in [2.45, 2.75) is 52.1 Å². The van der Waals surface area contributed by atoms with Gasteiger partial charge < -0.3 is 5.32 Å². The van der Waals surface area contributed by atoms with Crippen molar-refractivity contribution < 1.29 is 0 Å². The van der Waals surface area contributed by atoms with Crippen molar-refractivity contribution >= 4 is 28.3 Å². The van der Waals surface area contributed by atoms with E-state index in [1.54, 1.807) is 11.3 Å². The van der Waals surface area contributed by atoms with Gasteiger partial charge in [-0.05, 0) is 33.6 Å². The Kier molecular flexibility index (Phi) is 4.33. The average Bonchev–Trinajstić information content (AvgIpc) is 2.76. The number of nitrogens with zero attached hydrogens (tertiary/aromatic N) is 2. The standard InChI is InChI=1S/C13H21N3S2/c1-5-10-8-14-11(18-10)9(2)15-12-16-13(3,4)6-7-17-12/h8-9H,5-7H2,1-4H3,(H,15,16). The molecule has 1 fully saturated rings. The molecule has 1 aromatic rings. The second-order valence-corrected chi connectivity index (χ2v) is 7.47. The van der Waals surface area contributed by atoms with Gasteiger partial charge in [0.2, 0.25) is 0 Å². The number of rotatable bonds is 3. The second-order valence-electron chi connectivity index (χ2n) is 5.24. The van der Waals surface area contributed by atoms with Crippen LogP contribution in [0.25, 0.3) is 0 Å². The lowest BCUT2D eigenvalue weighted by molar-refractivity contribution is 0.445. The number of thioether (sulfide) groups is 1. The number of hydrogen-bond acceptors (Lipinski definition) is 4. The summed E-state index contributed by atoms with van der Waals surface area (Å²) in [6.07, 6.45) is 4.21. The number of thiazole rings is 1. The highest BCUT2D eigenvalue weighted by Gasteiger charge is 2.24. The first-order chi connectivity index (χ1) is 8.50. The van der Waals surface area contributed by atoms with Gasteiger partial charge in [-0.2, -0.15) is 0 Å². The van der Waals surface area contributed by atoms with E-state index >= 15 is 0 Å². The van der Waals surface area contributed by atoms with Gasteiger partial charge in [0.1, 0.15) is 11.0 Å². The van der Waals surface area contributed by atoms with Gasteiger partial charge in [-0.25, -0.2) is 4.98 Å². The highest BCUT2D eigenvalue weighted by molar-refractivity contribution is 8.13. The molecule has 1 saturated heterocycles. The number of aromatic nitrogens is 1. The van der Waals surface area contributed by atoms with Crippen molar-refractivity contribution in [3.63, 3.8) is 0 Å². The van der Waals surface area contributed by atoms with Crippen LogP contribution < -0.4 is 5.32 Å². The number of amidine groups is 1. The van der Waals surface area contributed by atoms with Crippen LogP contribution in [0.3, 0.4) is 0 Å². The fourth-order valence-corrected chi connectivity index (χ4v) is 4.00. The fraction of sp³-hybridized carbons (Fsp3) is 0.692. The van der Waals surface area contributed by atoms with Gasteiger partial charge >= 0.3 is 0 Å². The van der Waals surface area contributed by atoms with Crippen LogP contribution in [0.15, 0.2) is 11.2 Å². The Morgan fingerprint density at radius 3 is 2.94 bits per heavy atom. The average molecular weight is 283 g/mol. The van der Waals surface area contributed by atoms with Crippen molar-refractivity contribution in [1.29, 1.82) is 0 Å². The monoisotopic (exact) mass is 283 g/mol. The fourth-order valence-electron chi connectivity index (χ4n) is 1.77. The molecule has 0 spiro atoms. The first-order valence-corrected chi connectivity index (χ1v) is 8.24. The quantitative estimate of drug-likeness (QED) is 0.920. The summed E-state index contributed by atoms with van der Waals surface area (Å²) in [6.45, 7) is 8.74. The third-order valence-corrected chi connectivity index (χ3v) is 5.20. The van der Waals surface area contributed by atoms with Crippen LogP contribution in [0.2, 0.25) is 0 Å². The second kappa shape index (κ2) is 5.61. The first kappa shape index (κ1) is 13.9. The third kappa shape index (κ3) is 3.48. The molecule has 1 atom stereocenters. The van der Waals surface area contributed by atoms with Crippen molar-refractivity contribution in [2.24, 2.45) is 4.99 Å². The van der Waals surface area contributed by atoms with Crippen LogP contribution >= 0.6 is 23.1 Å². The zero-order chi connectivity index (χ0) is 13.2. The van der Waals surface area contributed by atoms with Crippen molar-refractivity contribution in [3.05, 3.63) is 16.1 Å². The van der Waals surface area contributed by atoms with Crippen molar-refractivity contribution in [3.8, 4) is 0 Å². The molecular formula is C13H21N3S2. The predicted molar refractivity (Wildman–Crippen MR) is 81.6 cm³/mol. The van der Waals surface area contributed by atoms with E-state index in [1.165, 1.54) is 11.3 Å². The molecular weight excluding hydrogens is 262 g/mol. The molecule has 1 N–H and O–H groups in total. The summed E-state index contributed by atoms with van der Waals surface area (Å²) in [5, 5.41) is 5.68. The number of aryl methyl sites for hydroxylation is 1. The summed E-state index contributed by atoms with van der Waals surface area (Å²) < 4.78 is 0. The van der Waals surface area contributed by atoms with E-state index < -0.39 is 0 Å². The molecule has 5 heteroatoms. The van der Waals surface area contributed by atoms with Crippen molar-refractivity contribution in [1.82, 2.24) is 10.3 Å². The lowest BCUT2D eigenvalue weighted by Crippen LogP contribution is -2.46. The summed E-state index contributed by atoms with van der Waals surface area (Å²) in [5.74, 6) is 1.14. The molecule has 0 bridgehead atoms. The van der Waals surface area contributed by atoms with E-state index in [4.69, 9.17) is 4.99 Å². The Hall–Kier alpha value is -0.550. The Labute approximate surface area is 118 Å². The molecule has 0 aromatic carbocycles. The minimum atomic E-state index is 0.152. The molecule has 0 radical (unpaired) electrons. The van der Waals surface area contributed by atoms with Crippen LogP contribution in [0.1, 0.15) is 50.0 Å². The smallest absolute Gasteiger partial charge is 0.157 e. The molecule has 2 heterocycles. The molecule has 0 amide bonds. The zero-order valence-corrected chi connectivity index (χ0v) is 13.1. The maximum Gasteiger partial charge on any atom is 0.157 e. The van der Waals surface area contributed by atoms with Gasteiger partial charge in [0.25, 0.3) is 0 Å². The van der Waals surface area contributed by atoms with E-state index in [1.807, 2.05) is 18.0 Å². The topological polar surface area (TPSA) is 37.3 Å². The van der Waals surface area contributed by atoms with Crippen LogP contribution in [0.5, 0.6) is 0 Å². The largest absolute Gasteiger partial charge is 0.360 e. The summed E-state index contributed by atoms with van der Waals surface area (Å²) in [6, 6.07) is 0.152. The molecule has 1 unspecified atom stereocenters. The van der Waals surface area contributed by atoms with Gasteiger partial charge in [0.05, 0.1) is 0 Å². The molecule has 1 aromatic heterocycles. The van der Waals surface area contributed by atoms with Crippen LogP contribution in [-0.2, 0) is 6.42 Å². The Morgan fingerprint density at radius 1 is 1.56 bits per heavy atom. The maximum absolute atomic E-state index is 4.77. The predicted octanol–water partition coefficient (Wildman–Crippen LogP) is 3.63. The molecule has 0 saturated carbocycles. The van der Waals surface area contributed by atoms with Crippen LogP contribution in [-0.4, -0.2) is 21.4 Å². The lowest BCUT2D eigenvalue weighted by atomic mass is 10.0. The Balaban J connectivity index is 2.07. The van der Waals surface area contributed by atoms with E-state index in [2.05, 4.69) is 38.0 Å². The summed E-state index contributed by atoms with van der Waals surface area (Å²) in [5.41, 5.74) is 0.168. The van der Waals surface area contributed by atoms with E-state index in [-0.39, 0.29) is 11.6 Å². The molecule has 100 valence electrons. The maximum atomic E-state index is 4.77. The lowest BCUT2D eigenvalue weighted by Gasteiger charge is -2.32.